The van der Waals surface area contributed by atoms with Crippen molar-refractivity contribution in [2.24, 2.45) is 0 Å². The monoisotopic (exact) mass is 480 g/mol. The molecule has 9 nitrogen and oxygen atoms in total. The summed E-state index contributed by atoms with van der Waals surface area (Å²) in [6.07, 6.45) is 0. The number of sulfone groups is 1. The predicted octanol–water partition coefficient (Wildman–Crippen LogP) is 2.61. The summed E-state index contributed by atoms with van der Waals surface area (Å²) in [5, 5.41) is 5.45. The molecule has 0 radical (unpaired) electrons. The van der Waals surface area contributed by atoms with Gasteiger partial charge < -0.3 is 24.8 Å². The molecule has 2 amide bonds. The molecule has 32 heavy (non-hydrogen) atoms. The Balaban J connectivity index is 2.11. The van der Waals surface area contributed by atoms with Gasteiger partial charge in [-0.3, -0.25) is 0 Å². The molecule has 0 aliphatic carbocycles. The van der Waals surface area contributed by atoms with Gasteiger partial charge in [0.25, 0.3) is 0 Å². The first-order chi connectivity index (χ1) is 15.2. The molecule has 0 aromatic heterocycles. The van der Waals surface area contributed by atoms with E-state index in [0.717, 1.165) is 0 Å². The van der Waals surface area contributed by atoms with E-state index in [1.165, 1.54) is 45.6 Å². The second-order valence-corrected chi connectivity index (χ2v) is 9.17. The van der Waals surface area contributed by atoms with Crippen LogP contribution in [-0.2, 0) is 19.4 Å². The van der Waals surface area contributed by atoms with Gasteiger partial charge in [0.1, 0.15) is 0 Å². The first kappa shape index (κ1) is 23.4. The molecule has 0 saturated carbocycles. The third-order valence-electron chi connectivity index (χ3n) is 4.81. The lowest BCUT2D eigenvalue weighted by Gasteiger charge is -2.29. The van der Waals surface area contributed by atoms with Crippen LogP contribution in [0.15, 0.2) is 58.6 Å². The van der Waals surface area contributed by atoms with Crippen molar-refractivity contribution in [3.8, 4) is 11.5 Å². The fourth-order valence-corrected chi connectivity index (χ4v) is 4.73. The summed E-state index contributed by atoms with van der Waals surface area (Å²) in [4.78, 5) is 25.0. The van der Waals surface area contributed by atoms with Crippen molar-refractivity contribution in [1.82, 2.24) is 10.6 Å². The number of rotatable bonds is 7. The summed E-state index contributed by atoms with van der Waals surface area (Å²) >= 11 is 5.84. The van der Waals surface area contributed by atoms with E-state index < -0.39 is 33.6 Å². The zero-order valence-corrected chi connectivity index (χ0v) is 19.0. The van der Waals surface area contributed by atoms with Crippen LogP contribution < -0.4 is 20.1 Å². The molecular weight excluding hydrogens is 460 g/mol. The van der Waals surface area contributed by atoms with Gasteiger partial charge in [-0.2, -0.15) is 0 Å². The van der Waals surface area contributed by atoms with Gasteiger partial charge in [-0.1, -0.05) is 17.7 Å². The molecule has 2 aromatic rings. The molecule has 0 saturated heterocycles. The number of hydrogen-bond acceptors (Lipinski definition) is 7. The van der Waals surface area contributed by atoms with Gasteiger partial charge in [0.05, 0.1) is 43.6 Å². The number of halogens is 1. The zero-order chi connectivity index (χ0) is 23.5. The van der Waals surface area contributed by atoms with Crippen molar-refractivity contribution < 1.29 is 32.2 Å². The summed E-state index contributed by atoms with van der Waals surface area (Å²) in [6, 6.07) is 8.77. The topological polar surface area (TPSA) is 120 Å². The minimum absolute atomic E-state index is 0.00550. The summed E-state index contributed by atoms with van der Waals surface area (Å²) in [6.45, 7) is 0. The molecule has 1 atom stereocenters. The quantitative estimate of drug-likeness (QED) is 0.584. The number of esters is 1. The lowest BCUT2D eigenvalue weighted by molar-refractivity contribution is -0.136. The Bertz CT molecular complexity index is 1180. The summed E-state index contributed by atoms with van der Waals surface area (Å²) in [5.41, 5.74) is 0.339. The van der Waals surface area contributed by atoms with Crippen molar-refractivity contribution in [2.45, 2.75) is 10.9 Å². The number of hydrogen-bond donors (Lipinski definition) is 2. The third kappa shape index (κ3) is 4.81. The number of benzene rings is 2. The largest absolute Gasteiger partial charge is 0.493 e. The average molecular weight is 481 g/mol. The minimum atomic E-state index is -3.92. The molecule has 1 aliphatic rings. The van der Waals surface area contributed by atoms with Crippen LogP contribution in [0.5, 0.6) is 11.5 Å². The molecule has 0 spiro atoms. The third-order valence-corrected chi connectivity index (χ3v) is 6.72. The molecule has 11 heteroatoms. The van der Waals surface area contributed by atoms with E-state index in [9.17, 15) is 18.0 Å². The molecule has 1 heterocycles. The molecule has 1 unspecified atom stereocenters. The van der Waals surface area contributed by atoms with Crippen molar-refractivity contribution in [3.63, 3.8) is 0 Å². The Labute approximate surface area is 190 Å². The fraction of sp³-hybridized carbons (Fsp3) is 0.238. The predicted molar refractivity (Wildman–Crippen MR) is 117 cm³/mol. The van der Waals surface area contributed by atoms with Crippen molar-refractivity contribution >= 4 is 33.4 Å². The van der Waals surface area contributed by atoms with Gasteiger partial charge in [0.2, 0.25) is 0 Å². The van der Waals surface area contributed by atoms with Crippen LogP contribution in [-0.4, -0.2) is 47.5 Å². The second kappa shape index (κ2) is 9.49. The number of carbonyl (C=O) groups excluding carboxylic acids is 2. The van der Waals surface area contributed by atoms with E-state index >= 15 is 0 Å². The fourth-order valence-electron chi connectivity index (χ4n) is 3.28. The van der Waals surface area contributed by atoms with E-state index in [1.54, 1.807) is 18.2 Å². The second-order valence-electron chi connectivity index (χ2n) is 6.74. The van der Waals surface area contributed by atoms with Crippen LogP contribution in [0.3, 0.4) is 0 Å². The van der Waals surface area contributed by atoms with E-state index in [1.807, 2.05) is 0 Å². The number of carbonyl (C=O) groups is 2. The Kier molecular flexibility index (Phi) is 6.95. The Hall–Kier alpha value is -3.24. The standard InChI is InChI=1S/C21H21ClN2O7S/c1-29-16-9-4-12(10-17(16)30-2)19-18(20(25)31-3)15(23-21(26)24-19)11-32(27,28)14-7-5-13(22)6-8-14/h4-10,19H,11H2,1-3H3,(H2,23,24,26). The highest BCUT2D eigenvalue weighted by Crippen LogP contribution is 2.35. The normalized spacial score (nSPS) is 16.1. The zero-order valence-electron chi connectivity index (χ0n) is 17.5. The van der Waals surface area contributed by atoms with E-state index in [-0.39, 0.29) is 16.2 Å². The maximum absolute atomic E-state index is 13.0. The highest BCUT2D eigenvalue weighted by atomic mass is 35.5. The van der Waals surface area contributed by atoms with Crippen molar-refractivity contribution in [2.75, 3.05) is 27.1 Å². The van der Waals surface area contributed by atoms with Crippen LogP contribution in [0, 0.1) is 0 Å². The summed E-state index contributed by atoms with van der Waals surface area (Å²) < 4.78 is 41.3. The van der Waals surface area contributed by atoms with E-state index in [2.05, 4.69) is 10.6 Å². The van der Waals surface area contributed by atoms with Crippen LogP contribution >= 0.6 is 11.6 Å². The maximum Gasteiger partial charge on any atom is 0.338 e. The lowest BCUT2D eigenvalue weighted by Crippen LogP contribution is -2.47. The first-order valence-corrected chi connectivity index (χ1v) is 11.3. The van der Waals surface area contributed by atoms with Crippen LogP contribution in [0.25, 0.3) is 0 Å². The Morgan fingerprint density at radius 3 is 2.28 bits per heavy atom. The lowest BCUT2D eigenvalue weighted by atomic mass is 9.95. The van der Waals surface area contributed by atoms with E-state index in [0.29, 0.717) is 22.1 Å². The highest BCUT2D eigenvalue weighted by molar-refractivity contribution is 7.91. The number of urea groups is 1. The summed E-state index contributed by atoms with van der Waals surface area (Å²) in [5.74, 6) is -0.599. The molecule has 0 fully saturated rings. The SMILES string of the molecule is COC(=O)C1=C(CS(=O)(=O)c2ccc(Cl)cc2)NC(=O)NC1c1ccc(OC)c(OC)c1. The number of methoxy groups -OCH3 is 3. The van der Waals surface area contributed by atoms with E-state index in [4.69, 9.17) is 25.8 Å². The summed E-state index contributed by atoms with van der Waals surface area (Å²) in [7, 11) is 0.178. The van der Waals surface area contributed by atoms with Gasteiger partial charge in [-0.05, 0) is 42.0 Å². The smallest absolute Gasteiger partial charge is 0.338 e. The first-order valence-electron chi connectivity index (χ1n) is 9.29. The minimum Gasteiger partial charge on any atom is -0.493 e. The molecule has 2 aromatic carbocycles. The Morgan fingerprint density at radius 2 is 1.69 bits per heavy atom. The maximum atomic E-state index is 13.0. The molecule has 3 rings (SSSR count). The van der Waals surface area contributed by atoms with Gasteiger partial charge >= 0.3 is 12.0 Å². The van der Waals surface area contributed by atoms with Crippen LogP contribution in [0.1, 0.15) is 11.6 Å². The molecule has 0 bridgehead atoms. The Morgan fingerprint density at radius 1 is 1.03 bits per heavy atom. The van der Waals surface area contributed by atoms with Crippen LogP contribution in [0.4, 0.5) is 4.79 Å². The van der Waals surface area contributed by atoms with Gasteiger partial charge in [0.15, 0.2) is 21.3 Å². The number of amides is 2. The molecule has 170 valence electrons. The molecular formula is C21H21ClN2O7S. The highest BCUT2D eigenvalue weighted by Gasteiger charge is 2.36. The van der Waals surface area contributed by atoms with Crippen molar-refractivity contribution in [1.29, 1.82) is 0 Å². The molecule has 1 aliphatic heterocycles. The van der Waals surface area contributed by atoms with Gasteiger partial charge in [-0.25, -0.2) is 18.0 Å². The van der Waals surface area contributed by atoms with Gasteiger partial charge in [0, 0.05) is 10.7 Å². The van der Waals surface area contributed by atoms with Gasteiger partial charge in [-0.15, -0.1) is 0 Å². The molecule has 2 N–H and O–H groups in total. The van der Waals surface area contributed by atoms with Crippen molar-refractivity contribution in [3.05, 3.63) is 64.3 Å². The number of nitrogens with one attached hydrogen (secondary N) is 2. The van der Waals surface area contributed by atoms with Crippen LogP contribution in [0.2, 0.25) is 5.02 Å². The average Bonchev–Trinajstić information content (AvgIpc) is 2.77. The number of ether oxygens (including phenoxy) is 3.